The Morgan fingerprint density at radius 2 is 2.08 bits per heavy atom. The summed E-state index contributed by atoms with van der Waals surface area (Å²) in [6.07, 6.45) is 1.21. The highest BCUT2D eigenvalue weighted by molar-refractivity contribution is 6.21. The van der Waals surface area contributed by atoms with E-state index in [1.54, 1.807) is 0 Å². The third-order valence-corrected chi connectivity index (χ3v) is 2.47. The van der Waals surface area contributed by atoms with Crippen molar-refractivity contribution < 1.29 is 4.74 Å². The number of ether oxygens (including phenoxy) is 1. The predicted octanol–water partition coefficient (Wildman–Crippen LogP) is 2.24. The number of hydrogen-bond acceptors (Lipinski definition) is 1. The Morgan fingerprint density at radius 1 is 1.42 bits per heavy atom. The average Bonchev–Trinajstić information content (AvgIpc) is 2.88. The zero-order valence-electron chi connectivity index (χ0n) is 6.74. The van der Waals surface area contributed by atoms with E-state index in [9.17, 15) is 0 Å². The Morgan fingerprint density at radius 3 is 2.67 bits per heavy atom. The van der Waals surface area contributed by atoms with Crippen LogP contribution in [0, 0.1) is 0 Å². The van der Waals surface area contributed by atoms with Crippen molar-refractivity contribution in [2.24, 2.45) is 0 Å². The summed E-state index contributed by atoms with van der Waals surface area (Å²) in [5, 5.41) is 0.146. The van der Waals surface area contributed by atoms with E-state index in [1.165, 1.54) is 5.56 Å². The Labute approximate surface area is 77.3 Å². The number of epoxide rings is 1. The van der Waals surface area contributed by atoms with Gasteiger partial charge in [0.05, 0.1) is 18.1 Å². The third-order valence-electron chi connectivity index (χ3n) is 2.04. The van der Waals surface area contributed by atoms with Gasteiger partial charge in [-0.3, -0.25) is 0 Å². The second-order valence-electron chi connectivity index (χ2n) is 3.08. The lowest BCUT2D eigenvalue weighted by Gasteiger charge is -2.04. The monoisotopic (exact) mass is 182 g/mol. The minimum atomic E-state index is 0.146. The second kappa shape index (κ2) is 3.46. The fraction of sp³-hybridized carbons (Fsp3) is 0.400. The van der Waals surface area contributed by atoms with Gasteiger partial charge in [-0.05, 0) is 12.0 Å². The molecule has 0 radical (unpaired) electrons. The normalized spacial score (nSPS) is 23.6. The third kappa shape index (κ3) is 1.99. The van der Waals surface area contributed by atoms with Gasteiger partial charge in [-0.2, -0.15) is 0 Å². The fourth-order valence-corrected chi connectivity index (χ4v) is 1.56. The Balaban J connectivity index is 1.94. The molecule has 0 saturated carbocycles. The first-order valence-corrected chi connectivity index (χ1v) is 4.59. The summed E-state index contributed by atoms with van der Waals surface area (Å²) in [5.74, 6) is 0. The van der Waals surface area contributed by atoms with Crippen LogP contribution in [0.25, 0.3) is 0 Å². The predicted molar refractivity (Wildman–Crippen MR) is 49.5 cm³/mol. The molecule has 0 bridgehead atoms. The first-order valence-electron chi connectivity index (χ1n) is 4.16. The molecule has 2 atom stereocenters. The van der Waals surface area contributed by atoms with E-state index in [-0.39, 0.29) is 5.38 Å². The van der Waals surface area contributed by atoms with Crippen LogP contribution in [0.15, 0.2) is 30.3 Å². The van der Waals surface area contributed by atoms with Gasteiger partial charge in [0.15, 0.2) is 0 Å². The van der Waals surface area contributed by atoms with Crippen molar-refractivity contribution in [1.29, 1.82) is 0 Å². The van der Waals surface area contributed by atoms with Crippen LogP contribution in [0.2, 0.25) is 0 Å². The second-order valence-corrected chi connectivity index (χ2v) is 3.64. The molecule has 1 aliphatic rings. The molecule has 0 amide bonds. The first-order chi connectivity index (χ1) is 5.86. The van der Waals surface area contributed by atoms with Crippen LogP contribution in [0.1, 0.15) is 5.56 Å². The van der Waals surface area contributed by atoms with Crippen molar-refractivity contribution in [3.8, 4) is 0 Å². The van der Waals surface area contributed by atoms with Crippen LogP contribution in [0.5, 0.6) is 0 Å². The van der Waals surface area contributed by atoms with Crippen LogP contribution in [0.4, 0.5) is 0 Å². The molecular weight excluding hydrogens is 172 g/mol. The summed E-state index contributed by atoms with van der Waals surface area (Å²) in [7, 11) is 0. The molecule has 1 fully saturated rings. The average molecular weight is 183 g/mol. The number of rotatable bonds is 3. The number of alkyl halides is 1. The number of benzene rings is 1. The zero-order chi connectivity index (χ0) is 8.39. The molecule has 2 heteroatoms. The number of halogens is 1. The van der Waals surface area contributed by atoms with Crippen LogP contribution in [0.3, 0.4) is 0 Å². The van der Waals surface area contributed by atoms with Gasteiger partial charge >= 0.3 is 0 Å². The molecule has 2 unspecified atom stereocenters. The zero-order valence-corrected chi connectivity index (χ0v) is 7.50. The van der Waals surface area contributed by atoms with E-state index < -0.39 is 0 Å². The highest BCUT2D eigenvalue weighted by atomic mass is 35.5. The van der Waals surface area contributed by atoms with E-state index >= 15 is 0 Å². The van der Waals surface area contributed by atoms with Crippen LogP contribution in [-0.2, 0) is 11.2 Å². The summed E-state index contributed by atoms with van der Waals surface area (Å²) in [6, 6.07) is 10.3. The first kappa shape index (κ1) is 8.09. The number of hydrogen-bond donors (Lipinski definition) is 0. The standard InChI is InChI=1S/C10H11ClO/c11-9(10-7-12-10)6-8-4-2-1-3-5-8/h1-5,9-10H,6-7H2. The molecule has 1 aromatic rings. The van der Waals surface area contributed by atoms with Crippen molar-refractivity contribution in [2.45, 2.75) is 17.9 Å². The Kier molecular flexibility index (Phi) is 2.33. The Hall–Kier alpha value is -0.530. The summed E-state index contributed by atoms with van der Waals surface area (Å²) in [4.78, 5) is 0. The maximum absolute atomic E-state index is 6.09. The van der Waals surface area contributed by atoms with Crippen molar-refractivity contribution in [3.63, 3.8) is 0 Å². The molecule has 1 nitrogen and oxygen atoms in total. The lowest BCUT2D eigenvalue weighted by molar-refractivity contribution is 0.399. The SMILES string of the molecule is ClC(Cc1ccccc1)C1CO1. The minimum Gasteiger partial charge on any atom is -0.372 e. The quantitative estimate of drug-likeness (QED) is 0.516. The summed E-state index contributed by atoms with van der Waals surface area (Å²) >= 11 is 6.09. The molecule has 2 rings (SSSR count). The van der Waals surface area contributed by atoms with E-state index in [2.05, 4.69) is 12.1 Å². The van der Waals surface area contributed by atoms with Gasteiger partial charge in [-0.1, -0.05) is 30.3 Å². The lowest BCUT2D eigenvalue weighted by atomic mass is 10.1. The molecule has 0 aliphatic carbocycles. The minimum absolute atomic E-state index is 0.146. The molecule has 12 heavy (non-hydrogen) atoms. The van der Waals surface area contributed by atoms with E-state index in [4.69, 9.17) is 16.3 Å². The summed E-state index contributed by atoms with van der Waals surface area (Å²) < 4.78 is 5.11. The lowest BCUT2D eigenvalue weighted by Crippen LogP contribution is -2.10. The fourth-order valence-electron chi connectivity index (χ4n) is 1.24. The van der Waals surface area contributed by atoms with Gasteiger partial charge in [-0.15, -0.1) is 11.6 Å². The van der Waals surface area contributed by atoms with Gasteiger partial charge in [0.2, 0.25) is 0 Å². The van der Waals surface area contributed by atoms with Crippen molar-refractivity contribution in [3.05, 3.63) is 35.9 Å². The highest BCUT2D eigenvalue weighted by Crippen LogP contribution is 2.22. The maximum Gasteiger partial charge on any atom is 0.0976 e. The molecule has 1 heterocycles. The molecular formula is C10H11ClO. The topological polar surface area (TPSA) is 12.5 Å². The summed E-state index contributed by atoms with van der Waals surface area (Å²) in [5.41, 5.74) is 1.29. The van der Waals surface area contributed by atoms with Gasteiger partial charge in [0, 0.05) is 0 Å². The van der Waals surface area contributed by atoms with E-state index in [0.717, 1.165) is 13.0 Å². The molecule has 0 spiro atoms. The molecule has 0 aromatic heterocycles. The molecule has 64 valence electrons. The molecule has 1 saturated heterocycles. The van der Waals surface area contributed by atoms with Crippen molar-refractivity contribution in [1.82, 2.24) is 0 Å². The van der Waals surface area contributed by atoms with Crippen LogP contribution < -0.4 is 0 Å². The molecule has 0 N–H and O–H groups in total. The van der Waals surface area contributed by atoms with Gasteiger partial charge in [-0.25, -0.2) is 0 Å². The van der Waals surface area contributed by atoms with Crippen molar-refractivity contribution >= 4 is 11.6 Å². The largest absolute Gasteiger partial charge is 0.372 e. The van der Waals surface area contributed by atoms with Gasteiger partial charge in [0.25, 0.3) is 0 Å². The maximum atomic E-state index is 6.09. The molecule has 1 aromatic carbocycles. The van der Waals surface area contributed by atoms with Crippen LogP contribution >= 0.6 is 11.6 Å². The van der Waals surface area contributed by atoms with Gasteiger partial charge < -0.3 is 4.74 Å². The van der Waals surface area contributed by atoms with Crippen LogP contribution in [-0.4, -0.2) is 18.1 Å². The Bertz CT molecular complexity index is 243. The van der Waals surface area contributed by atoms with E-state index in [0.29, 0.717) is 6.10 Å². The van der Waals surface area contributed by atoms with E-state index in [1.807, 2.05) is 18.2 Å². The highest BCUT2D eigenvalue weighted by Gasteiger charge is 2.30. The molecule has 1 aliphatic heterocycles. The van der Waals surface area contributed by atoms with Gasteiger partial charge in [0.1, 0.15) is 0 Å². The van der Waals surface area contributed by atoms with Crippen molar-refractivity contribution in [2.75, 3.05) is 6.61 Å². The summed E-state index contributed by atoms with van der Waals surface area (Å²) in [6.45, 7) is 0.834. The smallest absolute Gasteiger partial charge is 0.0976 e.